The molecule has 1 amide bonds. The van der Waals surface area contributed by atoms with E-state index in [-0.39, 0.29) is 10.2 Å². The Morgan fingerprint density at radius 3 is 2.81 bits per heavy atom. The predicted octanol–water partition coefficient (Wildman–Crippen LogP) is 3.23. The van der Waals surface area contributed by atoms with Crippen molar-refractivity contribution in [3.05, 3.63) is 27.2 Å². The van der Waals surface area contributed by atoms with Crippen molar-refractivity contribution in [2.45, 2.75) is 6.42 Å². The van der Waals surface area contributed by atoms with Crippen molar-refractivity contribution < 1.29 is 13.6 Å². The second-order valence-electron chi connectivity index (χ2n) is 2.73. The van der Waals surface area contributed by atoms with Gasteiger partial charge in [0.2, 0.25) is 5.91 Å². The fourth-order valence-corrected chi connectivity index (χ4v) is 1.74. The van der Waals surface area contributed by atoms with Crippen LogP contribution in [0, 0.1) is 23.0 Å². The average molecular weight is 309 g/mol. The number of nitriles is 1. The first-order valence-electron chi connectivity index (χ1n) is 3.97. The van der Waals surface area contributed by atoms with E-state index in [9.17, 15) is 13.6 Å². The van der Waals surface area contributed by atoms with E-state index >= 15 is 0 Å². The van der Waals surface area contributed by atoms with Gasteiger partial charge in [-0.15, -0.1) is 0 Å². The summed E-state index contributed by atoms with van der Waals surface area (Å²) in [6.45, 7) is 0. The summed E-state index contributed by atoms with van der Waals surface area (Å²) >= 11 is 8.14. The molecule has 0 atom stereocenters. The van der Waals surface area contributed by atoms with Crippen molar-refractivity contribution in [1.82, 2.24) is 0 Å². The van der Waals surface area contributed by atoms with Gasteiger partial charge in [-0.05, 0) is 22.0 Å². The number of anilines is 1. The Labute approximate surface area is 103 Å². The summed E-state index contributed by atoms with van der Waals surface area (Å²) in [4.78, 5) is 11.0. The Morgan fingerprint density at radius 2 is 2.25 bits per heavy atom. The lowest BCUT2D eigenvalue weighted by atomic mass is 10.3. The second-order valence-corrected chi connectivity index (χ2v) is 3.93. The molecule has 0 aliphatic carbocycles. The lowest BCUT2D eigenvalue weighted by Gasteiger charge is -2.08. The van der Waals surface area contributed by atoms with Gasteiger partial charge in [0.15, 0.2) is 5.82 Å². The zero-order valence-corrected chi connectivity index (χ0v) is 9.99. The molecule has 0 saturated carbocycles. The molecule has 0 radical (unpaired) electrons. The fraction of sp³-hybridized carbons (Fsp3) is 0.111. The summed E-state index contributed by atoms with van der Waals surface area (Å²) in [6.07, 6.45) is -0.448. The van der Waals surface area contributed by atoms with Gasteiger partial charge in [-0.2, -0.15) is 5.26 Å². The Balaban J connectivity index is 3.11. The minimum atomic E-state index is -0.885. The highest BCUT2D eigenvalue weighted by atomic mass is 79.9. The van der Waals surface area contributed by atoms with Crippen LogP contribution < -0.4 is 5.32 Å². The van der Waals surface area contributed by atoms with E-state index in [2.05, 4.69) is 21.2 Å². The standard InChI is InChI=1S/C9H4BrClF2N2O/c10-7-8(13)4(11)3-5(12)9(7)15-6(16)1-2-14/h3H,1H2,(H,15,16). The van der Waals surface area contributed by atoms with E-state index < -0.39 is 29.0 Å². The summed E-state index contributed by atoms with van der Waals surface area (Å²) in [6, 6.07) is 2.32. The van der Waals surface area contributed by atoms with Gasteiger partial charge in [0.25, 0.3) is 0 Å². The van der Waals surface area contributed by atoms with Gasteiger partial charge in [0, 0.05) is 0 Å². The van der Waals surface area contributed by atoms with E-state index in [0.29, 0.717) is 0 Å². The van der Waals surface area contributed by atoms with Crippen molar-refractivity contribution in [1.29, 1.82) is 5.26 Å². The van der Waals surface area contributed by atoms with E-state index in [4.69, 9.17) is 16.9 Å². The molecule has 0 aromatic heterocycles. The number of rotatable bonds is 2. The zero-order chi connectivity index (χ0) is 12.3. The first kappa shape index (κ1) is 12.9. The third kappa shape index (κ3) is 2.68. The highest BCUT2D eigenvalue weighted by Gasteiger charge is 2.17. The van der Waals surface area contributed by atoms with Gasteiger partial charge in [0.1, 0.15) is 12.2 Å². The molecular formula is C9H4BrClF2N2O. The van der Waals surface area contributed by atoms with Crippen LogP contribution in [0.4, 0.5) is 14.5 Å². The van der Waals surface area contributed by atoms with Gasteiger partial charge in [-0.1, -0.05) is 11.6 Å². The van der Waals surface area contributed by atoms with Gasteiger partial charge in [-0.25, -0.2) is 8.78 Å². The zero-order valence-electron chi connectivity index (χ0n) is 7.65. The van der Waals surface area contributed by atoms with Crippen LogP contribution in [0.25, 0.3) is 0 Å². The first-order chi connectivity index (χ1) is 7.47. The smallest absolute Gasteiger partial charge is 0.238 e. The van der Waals surface area contributed by atoms with Crippen molar-refractivity contribution in [3.8, 4) is 6.07 Å². The largest absolute Gasteiger partial charge is 0.322 e. The topological polar surface area (TPSA) is 52.9 Å². The van der Waals surface area contributed by atoms with Crippen molar-refractivity contribution in [3.63, 3.8) is 0 Å². The van der Waals surface area contributed by atoms with Crippen LogP contribution in [0.3, 0.4) is 0 Å². The first-order valence-corrected chi connectivity index (χ1v) is 5.14. The van der Waals surface area contributed by atoms with Gasteiger partial charge < -0.3 is 5.32 Å². The van der Waals surface area contributed by atoms with Crippen LogP contribution in [0.15, 0.2) is 10.5 Å². The van der Waals surface area contributed by atoms with Crippen molar-refractivity contribution in [2.24, 2.45) is 0 Å². The lowest BCUT2D eigenvalue weighted by Crippen LogP contribution is -2.12. The Kier molecular flexibility index (Phi) is 4.21. The molecule has 1 N–H and O–H groups in total. The molecule has 0 fully saturated rings. The average Bonchev–Trinajstić information content (AvgIpc) is 2.22. The monoisotopic (exact) mass is 308 g/mol. The highest BCUT2D eigenvalue weighted by molar-refractivity contribution is 9.10. The van der Waals surface area contributed by atoms with Crippen LogP contribution in [-0.2, 0) is 4.79 Å². The molecule has 0 saturated heterocycles. The quantitative estimate of drug-likeness (QED) is 0.673. The van der Waals surface area contributed by atoms with Gasteiger partial charge in [-0.3, -0.25) is 4.79 Å². The third-order valence-corrected chi connectivity index (χ3v) is 2.64. The number of carbonyl (C=O) groups excluding carboxylic acids is 1. The molecule has 1 aromatic carbocycles. The summed E-state index contributed by atoms with van der Waals surface area (Å²) in [5, 5.41) is 9.91. The SMILES string of the molecule is N#CCC(=O)Nc1c(F)cc(Cl)c(F)c1Br. The Morgan fingerprint density at radius 1 is 1.62 bits per heavy atom. The lowest BCUT2D eigenvalue weighted by molar-refractivity contribution is -0.115. The van der Waals surface area contributed by atoms with Crippen molar-refractivity contribution in [2.75, 3.05) is 5.32 Å². The second kappa shape index (κ2) is 5.23. The number of benzene rings is 1. The minimum Gasteiger partial charge on any atom is -0.322 e. The molecule has 16 heavy (non-hydrogen) atoms. The summed E-state index contributed by atoms with van der Waals surface area (Å²) < 4.78 is 26.3. The van der Waals surface area contributed by atoms with Gasteiger partial charge in [0.05, 0.1) is 21.3 Å². The number of hydrogen-bond acceptors (Lipinski definition) is 2. The number of amides is 1. The van der Waals surface area contributed by atoms with Crippen molar-refractivity contribution >= 4 is 39.1 Å². The summed E-state index contributed by atoms with van der Waals surface area (Å²) in [5.74, 6) is -2.50. The molecule has 1 rings (SSSR count). The highest BCUT2D eigenvalue weighted by Crippen LogP contribution is 2.33. The van der Waals surface area contributed by atoms with E-state index in [1.54, 1.807) is 6.07 Å². The number of nitrogens with zero attached hydrogens (tertiary/aromatic N) is 1. The maximum absolute atomic E-state index is 13.3. The van der Waals surface area contributed by atoms with Crippen LogP contribution >= 0.6 is 27.5 Å². The summed E-state index contributed by atoms with van der Waals surface area (Å²) in [7, 11) is 0. The van der Waals surface area contributed by atoms with E-state index in [0.717, 1.165) is 6.07 Å². The molecule has 7 heteroatoms. The molecule has 0 aliphatic rings. The van der Waals surface area contributed by atoms with Crippen LogP contribution in [-0.4, -0.2) is 5.91 Å². The van der Waals surface area contributed by atoms with E-state index in [1.165, 1.54) is 0 Å². The molecule has 0 heterocycles. The fourth-order valence-electron chi connectivity index (χ4n) is 0.936. The normalized spacial score (nSPS) is 9.69. The Hall–Kier alpha value is -1.19. The molecule has 0 bridgehead atoms. The molecule has 0 aliphatic heterocycles. The maximum atomic E-state index is 13.3. The molecule has 84 valence electrons. The molecule has 1 aromatic rings. The third-order valence-electron chi connectivity index (χ3n) is 1.62. The number of carbonyl (C=O) groups is 1. The molecule has 0 spiro atoms. The Bertz CT molecular complexity index is 487. The van der Waals surface area contributed by atoms with Crippen LogP contribution in [0.2, 0.25) is 5.02 Å². The maximum Gasteiger partial charge on any atom is 0.238 e. The molecular weight excluding hydrogens is 305 g/mol. The minimum absolute atomic E-state index is 0.288. The van der Waals surface area contributed by atoms with Gasteiger partial charge >= 0.3 is 0 Å². The van der Waals surface area contributed by atoms with Crippen LogP contribution in [0.5, 0.6) is 0 Å². The molecule has 3 nitrogen and oxygen atoms in total. The van der Waals surface area contributed by atoms with Crippen LogP contribution in [0.1, 0.15) is 6.42 Å². The van der Waals surface area contributed by atoms with E-state index in [1.807, 2.05) is 0 Å². The number of hydrogen-bond donors (Lipinski definition) is 1. The number of halogens is 4. The predicted molar refractivity (Wildman–Crippen MR) is 57.9 cm³/mol. The summed E-state index contributed by atoms with van der Waals surface area (Å²) in [5.41, 5.74) is -0.373. The number of nitrogens with one attached hydrogen (secondary N) is 1. The molecule has 0 unspecified atom stereocenters.